The molecule has 144 valence electrons. The lowest BCUT2D eigenvalue weighted by Crippen LogP contribution is -2.42. The van der Waals surface area contributed by atoms with Crippen LogP contribution in [0.3, 0.4) is 0 Å². The summed E-state index contributed by atoms with van der Waals surface area (Å²) in [5, 5.41) is 2.59. The number of nitrogens with one attached hydrogen (secondary N) is 1. The van der Waals surface area contributed by atoms with E-state index in [4.69, 9.17) is 0 Å². The summed E-state index contributed by atoms with van der Waals surface area (Å²) in [7, 11) is 0. The van der Waals surface area contributed by atoms with E-state index >= 15 is 0 Å². The minimum Gasteiger partial charge on any atom is -0.435 e. The molecule has 0 heterocycles. The molecule has 0 radical (unpaired) electrons. The van der Waals surface area contributed by atoms with Gasteiger partial charge in [-0.3, -0.25) is 9.59 Å². The Morgan fingerprint density at radius 1 is 1.04 bits per heavy atom. The summed E-state index contributed by atoms with van der Waals surface area (Å²) in [6, 6.07) is 10.2. The SMILES string of the molecule is CC(C)N(CC(=O)Nc1ccc(F)cc1)C(=O)c1ccc(OC(F)F)cc1. The van der Waals surface area contributed by atoms with Crippen LogP contribution in [-0.4, -0.2) is 35.9 Å². The molecular weight excluding hydrogens is 361 g/mol. The maximum atomic E-state index is 12.9. The number of benzene rings is 2. The van der Waals surface area contributed by atoms with Crippen molar-refractivity contribution < 1.29 is 27.5 Å². The third kappa shape index (κ3) is 6.02. The van der Waals surface area contributed by atoms with E-state index in [1.165, 1.54) is 53.4 Å². The van der Waals surface area contributed by atoms with Crippen molar-refractivity contribution in [3.63, 3.8) is 0 Å². The fraction of sp³-hybridized carbons (Fsp3) is 0.263. The summed E-state index contributed by atoms with van der Waals surface area (Å²) in [5.74, 6) is -1.36. The molecule has 1 N–H and O–H groups in total. The molecular formula is C19H19F3N2O3. The van der Waals surface area contributed by atoms with Crippen molar-refractivity contribution in [1.82, 2.24) is 4.90 Å². The average molecular weight is 380 g/mol. The van der Waals surface area contributed by atoms with Gasteiger partial charge in [0.05, 0.1) is 0 Å². The quantitative estimate of drug-likeness (QED) is 0.792. The van der Waals surface area contributed by atoms with Gasteiger partial charge in [-0.2, -0.15) is 8.78 Å². The van der Waals surface area contributed by atoms with Crippen molar-refractivity contribution in [2.45, 2.75) is 26.5 Å². The second-order valence-corrected chi connectivity index (χ2v) is 5.98. The minimum atomic E-state index is -2.95. The highest BCUT2D eigenvalue weighted by Crippen LogP contribution is 2.17. The Morgan fingerprint density at radius 3 is 2.15 bits per heavy atom. The van der Waals surface area contributed by atoms with Crippen LogP contribution in [-0.2, 0) is 4.79 Å². The fourth-order valence-corrected chi connectivity index (χ4v) is 2.32. The maximum Gasteiger partial charge on any atom is 0.387 e. The van der Waals surface area contributed by atoms with Crippen molar-refractivity contribution in [1.29, 1.82) is 0 Å². The molecule has 0 saturated carbocycles. The van der Waals surface area contributed by atoms with Crippen LogP contribution in [0.25, 0.3) is 0 Å². The lowest BCUT2D eigenvalue weighted by atomic mass is 10.1. The summed E-state index contributed by atoms with van der Waals surface area (Å²) >= 11 is 0. The second-order valence-electron chi connectivity index (χ2n) is 5.98. The molecule has 0 spiro atoms. The summed E-state index contributed by atoms with van der Waals surface area (Å²) in [6.45, 7) is 0.326. The Kier molecular flexibility index (Phi) is 6.81. The number of hydrogen-bond acceptors (Lipinski definition) is 3. The number of nitrogens with zero attached hydrogens (tertiary/aromatic N) is 1. The molecule has 5 nitrogen and oxygen atoms in total. The maximum absolute atomic E-state index is 12.9. The third-order valence-electron chi connectivity index (χ3n) is 3.65. The van der Waals surface area contributed by atoms with Crippen LogP contribution in [0.4, 0.5) is 18.9 Å². The van der Waals surface area contributed by atoms with Crippen LogP contribution < -0.4 is 10.1 Å². The van der Waals surface area contributed by atoms with Gasteiger partial charge in [0.1, 0.15) is 18.1 Å². The molecule has 0 fully saturated rings. The van der Waals surface area contributed by atoms with Crippen LogP contribution in [0.5, 0.6) is 5.75 Å². The van der Waals surface area contributed by atoms with Gasteiger partial charge in [-0.25, -0.2) is 4.39 Å². The van der Waals surface area contributed by atoms with Gasteiger partial charge in [0.25, 0.3) is 5.91 Å². The zero-order valence-corrected chi connectivity index (χ0v) is 14.8. The largest absolute Gasteiger partial charge is 0.435 e. The van der Waals surface area contributed by atoms with Crippen molar-refractivity contribution >= 4 is 17.5 Å². The van der Waals surface area contributed by atoms with E-state index in [-0.39, 0.29) is 23.9 Å². The number of rotatable bonds is 7. The Morgan fingerprint density at radius 2 is 1.63 bits per heavy atom. The molecule has 8 heteroatoms. The molecule has 0 aliphatic carbocycles. The van der Waals surface area contributed by atoms with Crippen LogP contribution >= 0.6 is 0 Å². The number of alkyl halides is 2. The van der Waals surface area contributed by atoms with Gasteiger partial charge >= 0.3 is 6.61 Å². The Balaban J connectivity index is 2.05. The smallest absolute Gasteiger partial charge is 0.387 e. The molecule has 0 aromatic heterocycles. The second kappa shape index (κ2) is 9.07. The van der Waals surface area contributed by atoms with E-state index in [0.29, 0.717) is 5.69 Å². The van der Waals surface area contributed by atoms with Crippen molar-refractivity contribution in [3.8, 4) is 5.75 Å². The number of anilines is 1. The normalized spacial score (nSPS) is 10.8. The van der Waals surface area contributed by atoms with E-state index in [2.05, 4.69) is 10.1 Å². The predicted molar refractivity (Wildman–Crippen MR) is 94.3 cm³/mol. The van der Waals surface area contributed by atoms with Gasteiger partial charge in [0, 0.05) is 17.3 Å². The first-order chi connectivity index (χ1) is 12.8. The molecule has 0 unspecified atom stereocenters. The highest BCUT2D eigenvalue weighted by atomic mass is 19.3. The number of amides is 2. The molecule has 0 aliphatic heterocycles. The summed E-state index contributed by atoms with van der Waals surface area (Å²) < 4.78 is 41.6. The van der Waals surface area contributed by atoms with Crippen molar-refractivity contribution in [2.75, 3.05) is 11.9 Å². The van der Waals surface area contributed by atoms with Gasteiger partial charge in [-0.05, 0) is 62.4 Å². The number of hydrogen-bond donors (Lipinski definition) is 1. The van der Waals surface area contributed by atoms with Crippen molar-refractivity contribution in [3.05, 3.63) is 59.9 Å². The molecule has 2 aromatic rings. The van der Waals surface area contributed by atoms with Gasteiger partial charge in [0.2, 0.25) is 5.91 Å². The first-order valence-corrected chi connectivity index (χ1v) is 8.17. The number of carbonyl (C=O) groups excluding carboxylic acids is 2. The molecule has 0 saturated heterocycles. The summed E-state index contributed by atoms with van der Waals surface area (Å²) in [5.41, 5.74) is 0.644. The Bertz CT molecular complexity index is 778. The number of halogens is 3. The van der Waals surface area contributed by atoms with E-state index < -0.39 is 24.2 Å². The van der Waals surface area contributed by atoms with E-state index in [0.717, 1.165) is 0 Å². The van der Waals surface area contributed by atoms with Gasteiger partial charge in [0.15, 0.2) is 0 Å². The zero-order valence-electron chi connectivity index (χ0n) is 14.8. The molecule has 27 heavy (non-hydrogen) atoms. The molecule has 0 bridgehead atoms. The monoisotopic (exact) mass is 380 g/mol. The van der Waals surface area contributed by atoms with E-state index in [1.54, 1.807) is 13.8 Å². The molecule has 2 rings (SSSR count). The lowest BCUT2D eigenvalue weighted by Gasteiger charge is -2.26. The first-order valence-electron chi connectivity index (χ1n) is 8.17. The number of carbonyl (C=O) groups is 2. The van der Waals surface area contributed by atoms with Gasteiger partial charge in [-0.1, -0.05) is 0 Å². The minimum absolute atomic E-state index is 0.0632. The van der Waals surface area contributed by atoms with E-state index in [9.17, 15) is 22.8 Å². The lowest BCUT2D eigenvalue weighted by molar-refractivity contribution is -0.117. The van der Waals surface area contributed by atoms with Gasteiger partial charge < -0.3 is 15.0 Å². The molecule has 0 atom stereocenters. The fourth-order valence-electron chi connectivity index (χ4n) is 2.32. The van der Waals surface area contributed by atoms with Crippen LogP contribution in [0.15, 0.2) is 48.5 Å². The zero-order chi connectivity index (χ0) is 20.0. The third-order valence-corrected chi connectivity index (χ3v) is 3.65. The average Bonchev–Trinajstić information content (AvgIpc) is 2.61. The summed E-state index contributed by atoms with van der Waals surface area (Å²) in [4.78, 5) is 26.2. The Labute approximate surface area is 154 Å². The van der Waals surface area contributed by atoms with Crippen LogP contribution in [0.1, 0.15) is 24.2 Å². The van der Waals surface area contributed by atoms with Gasteiger partial charge in [-0.15, -0.1) is 0 Å². The van der Waals surface area contributed by atoms with Crippen LogP contribution in [0.2, 0.25) is 0 Å². The predicted octanol–water partition coefficient (Wildman–Crippen LogP) is 3.92. The molecule has 2 amide bonds. The van der Waals surface area contributed by atoms with E-state index in [1.807, 2.05) is 0 Å². The Hall–Kier alpha value is -3.03. The van der Waals surface area contributed by atoms with Crippen molar-refractivity contribution in [2.24, 2.45) is 0 Å². The van der Waals surface area contributed by atoms with Crippen LogP contribution in [0, 0.1) is 5.82 Å². The summed E-state index contributed by atoms with van der Waals surface area (Å²) in [6.07, 6.45) is 0. The number of ether oxygens (including phenoxy) is 1. The molecule has 0 aliphatic rings. The standard InChI is InChI=1S/C19H19F3N2O3/c1-12(2)24(11-17(25)23-15-7-5-14(20)6-8-15)18(26)13-3-9-16(10-4-13)27-19(21)22/h3-10,12,19H,11H2,1-2H3,(H,23,25). The topological polar surface area (TPSA) is 58.6 Å². The molecule has 2 aromatic carbocycles. The highest BCUT2D eigenvalue weighted by molar-refractivity contribution is 5.99. The highest BCUT2D eigenvalue weighted by Gasteiger charge is 2.22. The first kappa shape index (κ1) is 20.3.